The van der Waals surface area contributed by atoms with Gasteiger partial charge in [0.2, 0.25) is 0 Å². The Morgan fingerprint density at radius 3 is 1.54 bits per heavy atom. The van der Waals surface area contributed by atoms with Gasteiger partial charge >= 0.3 is 230 Å². The Labute approximate surface area is 229 Å². The first-order valence-corrected chi connectivity index (χ1v) is 15.2. The van der Waals surface area contributed by atoms with Gasteiger partial charge in [-0.2, -0.15) is 0 Å². The Hall–Kier alpha value is -4.17. The number of hydrogen-bond acceptors (Lipinski definition) is 3. The minimum atomic E-state index is -4.86. The van der Waals surface area contributed by atoms with Crippen molar-refractivity contribution in [1.82, 2.24) is 0 Å². The summed E-state index contributed by atoms with van der Waals surface area (Å²) in [6, 6.07) is 41.9. The van der Waals surface area contributed by atoms with Gasteiger partial charge < -0.3 is 0 Å². The predicted molar refractivity (Wildman–Crippen MR) is 165 cm³/mol. The molecule has 0 atom stereocenters. The van der Waals surface area contributed by atoms with Crippen LogP contribution in [-0.4, -0.2) is 4.89 Å². The van der Waals surface area contributed by atoms with Crippen LogP contribution in [0.4, 0.5) is 0 Å². The molecule has 0 saturated carbocycles. The van der Waals surface area contributed by atoms with Gasteiger partial charge in [-0.1, -0.05) is 0 Å². The van der Waals surface area contributed by atoms with Crippen molar-refractivity contribution in [2.75, 3.05) is 0 Å². The molecule has 0 bridgehead atoms. The molecule has 39 heavy (non-hydrogen) atoms. The average molecular weight is 531 g/mol. The summed E-state index contributed by atoms with van der Waals surface area (Å²) >= 11 is 0. The molecule has 0 amide bonds. The summed E-state index contributed by atoms with van der Waals surface area (Å²) in [4.78, 5) is 13.6. The van der Waals surface area contributed by atoms with Crippen molar-refractivity contribution in [3.63, 3.8) is 0 Å². The van der Waals surface area contributed by atoms with Crippen molar-refractivity contribution in [3.8, 4) is 11.5 Å². The molecule has 6 aromatic rings. The van der Waals surface area contributed by atoms with Crippen LogP contribution in [0.2, 0.25) is 0 Å². The molecule has 0 aliphatic heterocycles. The van der Waals surface area contributed by atoms with E-state index in [-0.39, 0.29) is 0 Å². The zero-order valence-corrected chi connectivity index (χ0v) is 23.2. The first-order valence-electron chi connectivity index (χ1n) is 13.1. The quantitative estimate of drug-likeness (QED) is 0.174. The van der Waals surface area contributed by atoms with Crippen molar-refractivity contribution < 1.29 is 13.9 Å². The third kappa shape index (κ3) is 4.25. The van der Waals surface area contributed by atoms with E-state index in [9.17, 15) is 4.89 Å². The Morgan fingerprint density at radius 1 is 0.462 bits per heavy atom. The van der Waals surface area contributed by atoms with Crippen LogP contribution in [0.25, 0.3) is 21.5 Å². The summed E-state index contributed by atoms with van der Waals surface area (Å²) in [5, 5.41) is 5.47. The fourth-order valence-corrected chi connectivity index (χ4v) is 9.27. The van der Waals surface area contributed by atoms with Crippen LogP contribution in [0.15, 0.2) is 127 Å². The number of fused-ring (bicyclic) bond motifs is 2. The number of para-hydroxylation sites is 1. The fraction of sp³-hybridized carbons (Fsp3) is 0.0857. The number of aryl methyl sites for hydroxylation is 3. The van der Waals surface area contributed by atoms with E-state index in [1.807, 2.05) is 118 Å². The second kappa shape index (κ2) is 9.54. The maximum absolute atomic E-state index is 13.6. The standard InChI is InChI=1S/C35H31O3P/c1-25-13-4-9-19-32(25)37-39(36,34-21-10-5-14-26(34)2,35-22-11-6-15-27(35)3)38-33-20-12-18-30-23-28-16-7-8-17-29(28)24-31(30)33/h4-24,36H,1-3H3. The molecule has 0 aliphatic carbocycles. The zero-order chi connectivity index (χ0) is 27.1. The first-order chi connectivity index (χ1) is 18.9. The molecule has 0 aromatic heterocycles. The van der Waals surface area contributed by atoms with E-state index in [0.717, 1.165) is 38.2 Å². The Balaban J connectivity index is 1.71. The second-order valence-corrected chi connectivity index (χ2v) is 13.3. The van der Waals surface area contributed by atoms with Gasteiger partial charge in [-0.3, -0.25) is 0 Å². The van der Waals surface area contributed by atoms with Crippen molar-refractivity contribution in [3.05, 3.63) is 144 Å². The van der Waals surface area contributed by atoms with Crippen molar-refractivity contribution >= 4 is 39.4 Å². The van der Waals surface area contributed by atoms with Crippen LogP contribution >= 0.6 is 7.28 Å². The molecule has 6 rings (SSSR count). The summed E-state index contributed by atoms with van der Waals surface area (Å²) < 4.78 is 14.1. The molecule has 0 fully saturated rings. The zero-order valence-electron chi connectivity index (χ0n) is 22.3. The fourth-order valence-electron chi connectivity index (χ4n) is 5.40. The van der Waals surface area contributed by atoms with Crippen LogP contribution in [0.5, 0.6) is 11.5 Å². The minimum absolute atomic E-state index is 0.568. The molecular weight excluding hydrogens is 499 g/mol. The van der Waals surface area contributed by atoms with E-state index < -0.39 is 7.28 Å². The number of rotatable bonds is 6. The van der Waals surface area contributed by atoms with Gasteiger partial charge in [0, 0.05) is 0 Å². The van der Waals surface area contributed by atoms with Gasteiger partial charge in [0.05, 0.1) is 0 Å². The Bertz CT molecular complexity index is 1800. The molecule has 0 spiro atoms. The van der Waals surface area contributed by atoms with E-state index in [1.54, 1.807) is 0 Å². The van der Waals surface area contributed by atoms with Gasteiger partial charge in [0.15, 0.2) is 0 Å². The van der Waals surface area contributed by atoms with E-state index in [4.69, 9.17) is 9.05 Å². The topological polar surface area (TPSA) is 38.7 Å². The molecule has 0 radical (unpaired) electrons. The van der Waals surface area contributed by atoms with Crippen LogP contribution in [-0.2, 0) is 0 Å². The van der Waals surface area contributed by atoms with Gasteiger partial charge in [0.1, 0.15) is 0 Å². The number of benzene rings is 6. The Morgan fingerprint density at radius 2 is 0.923 bits per heavy atom. The molecular formula is C35H31O3P. The van der Waals surface area contributed by atoms with Gasteiger partial charge in [-0.25, -0.2) is 0 Å². The third-order valence-corrected chi connectivity index (χ3v) is 11.2. The van der Waals surface area contributed by atoms with Crippen LogP contribution in [0.1, 0.15) is 16.7 Å². The average Bonchev–Trinajstić information content (AvgIpc) is 2.94. The molecule has 6 aromatic carbocycles. The van der Waals surface area contributed by atoms with E-state index in [1.165, 1.54) is 0 Å². The van der Waals surface area contributed by atoms with Crippen molar-refractivity contribution in [2.45, 2.75) is 20.8 Å². The molecule has 0 heterocycles. The van der Waals surface area contributed by atoms with E-state index in [2.05, 4.69) is 30.3 Å². The molecule has 194 valence electrons. The summed E-state index contributed by atoms with van der Waals surface area (Å²) in [6.07, 6.45) is 0. The third-order valence-electron chi connectivity index (χ3n) is 7.42. The van der Waals surface area contributed by atoms with E-state index in [0.29, 0.717) is 22.1 Å². The van der Waals surface area contributed by atoms with Gasteiger partial charge in [-0.05, 0) is 0 Å². The van der Waals surface area contributed by atoms with Crippen LogP contribution in [0.3, 0.4) is 0 Å². The van der Waals surface area contributed by atoms with Gasteiger partial charge in [0.25, 0.3) is 0 Å². The Kier molecular flexibility index (Phi) is 6.14. The normalized spacial score (nSPS) is 12.7. The summed E-state index contributed by atoms with van der Waals surface area (Å²) in [5.74, 6) is 1.15. The van der Waals surface area contributed by atoms with Crippen LogP contribution < -0.4 is 19.7 Å². The molecule has 3 nitrogen and oxygen atoms in total. The monoisotopic (exact) mass is 530 g/mol. The summed E-state index contributed by atoms with van der Waals surface area (Å²) in [7, 11) is -4.86. The summed E-state index contributed by atoms with van der Waals surface area (Å²) in [6.45, 7) is 5.97. The molecule has 0 saturated heterocycles. The molecule has 4 heteroatoms. The van der Waals surface area contributed by atoms with Crippen molar-refractivity contribution in [1.29, 1.82) is 0 Å². The maximum atomic E-state index is 13.6. The van der Waals surface area contributed by atoms with E-state index >= 15 is 0 Å². The van der Waals surface area contributed by atoms with Crippen molar-refractivity contribution in [2.24, 2.45) is 0 Å². The van der Waals surface area contributed by atoms with Gasteiger partial charge in [-0.15, -0.1) is 0 Å². The second-order valence-electron chi connectivity index (χ2n) is 10.1. The molecule has 0 unspecified atom stereocenters. The van der Waals surface area contributed by atoms with Crippen LogP contribution in [0, 0.1) is 20.8 Å². The first kappa shape index (κ1) is 25.1. The number of hydrogen-bond donors (Lipinski definition) is 1. The molecule has 0 aliphatic rings. The summed E-state index contributed by atoms with van der Waals surface area (Å²) in [5.41, 5.74) is 2.69. The predicted octanol–water partition coefficient (Wildman–Crippen LogP) is 8.32. The molecule has 1 N–H and O–H groups in total. The SMILES string of the molecule is Cc1ccccc1OP(O)(Oc1cccc2cc3ccccc3cc12)(c1ccccc1C)c1ccccc1C.